The van der Waals surface area contributed by atoms with E-state index in [2.05, 4.69) is 20.2 Å². The number of nitrogens with one attached hydrogen (secondary N) is 2. The number of fused-ring (bicyclic) bond motifs is 1. The second kappa shape index (κ2) is 8.34. The highest BCUT2D eigenvalue weighted by Gasteiger charge is 2.17. The van der Waals surface area contributed by atoms with Crippen LogP contribution in [0.5, 0.6) is 0 Å². The molecule has 26 heavy (non-hydrogen) atoms. The maximum Gasteiger partial charge on any atom is 0.220 e. The number of hydrogen-bond donors (Lipinski definition) is 2. The van der Waals surface area contributed by atoms with Gasteiger partial charge in [0, 0.05) is 24.4 Å². The van der Waals surface area contributed by atoms with Gasteiger partial charge in [-0.25, -0.2) is 4.98 Å². The fourth-order valence-corrected chi connectivity index (χ4v) is 3.23. The number of hydrogen-bond acceptors (Lipinski definition) is 3. The number of nitrogens with zero attached hydrogens (tertiary/aromatic N) is 2. The molecular formula is C20H23ClN4O. The van der Waals surface area contributed by atoms with Crippen molar-refractivity contribution in [3.63, 3.8) is 0 Å². The predicted molar refractivity (Wildman–Crippen MR) is 105 cm³/mol. The van der Waals surface area contributed by atoms with Crippen LogP contribution in [0.25, 0.3) is 11.0 Å². The minimum absolute atomic E-state index is 0.00404. The lowest BCUT2D eigenvalue weighted by molar-refractivity contribution is -0.121. The highest BCUT2D eigenvalue weighted by molar-refractivity contribution is 6.31. The van der Waals surface area contributed by atoms with Gasteiger partial charge in [0.2, 0.25) is 5.91 Å². The van der Waals surface area contributed by atoms with Crippen LogP contribution >= 0.6 is 11.6 Å². The van der Waals surface area contributed by atoms with Crippen molar-refractivity contribution in [3.05, 3.63) is 64.9 Å². The van der Waals surface area contributed by atoms with E-state index in [-0.39, 0.29) is 11.9 Å². The van der Waals surface area contributed by atoms with E-state index < -0.39 is 0 Å². The quantitative estimate of drug-likeness (QED) is 0.668. The van der Waals surface area contributed by atoms with Crippen LogP contribution in [-0.4, -0.2) is 41.4 Å². The van der Waals surface area contributed by atoms with Crippen molar-refractivity contribution in [1.82, 2.24) is 20.2 Å². The Kier molecular flexibility index (Phi) is 5.91. The molecule has 5 nitrogen and oxygen atoms in total. The number of carbonyl (C=O) groups excluding carboxylic acids is 1. The molecule has 6 heteroatoms. The minimum Gasteiger partial charge on any atom is -0.354 e. The van der Waals surface area contributed by atoms with Gasteiger partial charge in [0.15, 0.2) is 0 Å². The molecule has 0 aliphatic carbocycles. The number of rotatable bonds is 7. The van der Waals surface area contributed by atoms with Gasteiger partial charge in [0.1, 0.15) is 5.82 Å². The van der Waals surface area contributed by atoms with Crippen molar-refractivity contribution in [3.8, 4) is 0 Å². The van der Waals surface area contributed by atoms with Crippen molar-refractivity contribution in [2.24, 2.45) is 0 Å². The lowest BCUT2D eigenvalue weighted by Gasteiger charge is -2.26. The third-order valence-corrected chi connectivity index (χ3v) is 4.75. The Morgan fingerprint density at radius 2 is 1.92 bits per heavy atom. The number of H-pyrrole nitrogens is 1. The molecule has 0 radical (unpaired) electrons. The molecule has 0 bridgehead atoms. The maximum absolute atomic E-state index is 12.3. The SMILES string of the molecule is CN(C)C(CNC(=O)CCc1nc2ccccc2[nH]1)c1ccccc1Cl. The summed E-state index contributed by atoms with van der Waals surface area (Å²) in [5.41, 5.74) is 2.93. The first-order valence-corrected chi connectivity index (χ1v) is 9.03. The topological polar surface area (TPSA) is 61.0 Å². The molecule has 136 valence electrons. The zero-order valence-electron chi connectivity index (χ0n) is 15.0. The van der Waals surface area contributed by atoms with Crippen LogP contribution < -0.4 is 5.32 Å². The van der Waals surface area contributed by atoms with Gasteiger partial charge < -0.3 is 15.2 Å². The summed E-state index contributed by atoms with van der Waals surface area (Å²) in [5.74, 6) is 0.834. The monoisotopic (exact) mass is 370 g/mol. The zero-order chi connectivity index (χ0) is 18.5. The van der Waals surface area contributed by atoms with E-state index in [0.717, 1.165) is 22.4 Å². The van der Waals surface area contributed by atoms with E-state index in [1.54, 1.807) is 0 Å². The standard InChI is InChI=1S/C20H23ClN4O/c1-25(2)18(14-7-3-4-8-15(14)21)13-22-20(26)12-11-19-23-16-9-5-6-10-17(16)24-19/h3-10,18H,11-13H2,1-2H3,(H,22,26)(H,23,24). The third kappa shape index (κ3) is 4.42. The predicted octanol–water partition coefficient (Wildman–Crippen LogP) is 3.57. The van der Waals surface area contributed by atoms with E-state index in [4.69, 9.17) is 11.6 Å². The summed E-state index contributed by atoms with van der Waals surface area (Å²) in [4.78, 5) is 22.1. The summed E-state index contributed by atoms with van der Waals surface area (Å²) >= 11 is 6.31. The van der Waals surface area contributed by atoms with Gasteiger partial charge in [-0.15, -0.1) is 0 Å². The molecular weight excluding hydrogens is 348 g/mol. The van der Waals surface area contributed by atoms with Crippen LogP contribution in [0.1, 0.15) is 23.9 Å². The molecule has 1 aromatic heterocycles. The van der Waals surface area contributed by atoms with Gasteiger partial charge in [-0.2, -0.15) is 0 Å². The molecule has 3 aromatic rings. The number of halogens is 1. The zero-order valence-corrected chi connectivity index (χ0v) is 15.8. The Labute approximate surface area is 158 Å². The van der Waals surface area contributed by atoms with Crippen LogP contribution in [-0.2, 0) is 11.2 Å². The summed E-state index contributed by atoms with van der Waals surface area (Å²) in [6, 6.07) is 15.6. The lowest BCUT2D eigenvalue weighted by Crippen LogP contribution is -2.34. The third-order valence-electron chi connectivity index (χ3n) is 4.41. The van der Waals surface area contributed by atoms with Crippen LogP contribution in [0.4, 0.5) is 0 Å². The number of aromatic nitrogens is 2. The van der Waals surface area contributed by atoms with E-state index in [0.29, 0.717) is 24.4 Å². The number of likely N-dealkylation sites (N-methyl/N-ethyl adjacent to an activating group) is 1. The molecule has 1 unspecified atom stereocenters. The molecule has 0 aliphatic heterocycles. The molecule has 0 saturated carbocycles. The van der Waals surface area contributed by atoms with Gasteiger partial charge in [-0.05, 0) is 37.9 Å². The number of amides is 1. The van der Waals surface area contributed by atoms with Crippen LogP contribution in [0.2, 0.25) is 5.02 Å². The van der Waals surface area contributed by atoms with Crippen molar-refractivity contribution < 1.29 is 4.79 Å². The summed E-state index contributed by atoms with van der Waals surface area (Å²) < 4.78 is 0. The normalized spacial score (nSPS) is 12.5. The molecule has 1 amide bonds. The van der Waals surface area contributed by atoms with Crippen molar-refractivity contribution in [1.29, 1.82) is 0 Å². The van der Waals surface area contributed by atoms with E-state index >= 15 is 0 Å². The van der Waals surface area contributed by atoms with Crippen LogP contribution in [0, 0.1) is 0 Å². The second-order valence-electron chi connectivity index (χ2n) is 6.51. The Morgan fingerprint density at radius 3 is 2.65 bits per heavy atom. The molecule has 3 rings (SSSR count). The fraction of sp³-hybridized carbons (Fsp3) is 0.300. The van der Waals surface area contributed by atoms with Crippen LogP contribution in [0.3, 0.4) is 0 Å². The van der Waals surface area contributed by atoms with Crippen molar-refractivity contribution in [2.45, 2.75) is 18.9 Å². The Balaban J connectivity index is 1.56. The summed E-state index contributed by atoms with van der Waals surface area (Å²) in [6.07, 6.45) is 0.974. The Bertz CT molecular complexity index is 857. The van der Waals surface area contributed by atoms with Crippen LogP contribution in [0.15, 0.2) is 48.5 Å². The minimum atomic E-state index is 0.00404. The molecule has 2 N–H and O–H groups in total. The smallest absolute Gasteiger partial charge is 0.220 e. The molecule has 0 spiro atoms. The molecule has 0 aliphatic rings. The lowest BCUT2D eigenvalue weighted by atomic mass is 10.1. The number of aromatic amines is 1. The van der Waals surface area contributed by atoms with E-state index in [1.807, 2.05) is 62.6 Å². The molecule has 1 heterocycles. The van der Waals surface area contributed by atoms with Crippen molar-refractivity contribution >= 4 is 28.5 Å². The molecule has 1 atom stereocenters. The summed E-state index contributed by atoms with van der Waals surface area (Å²) in [5, 5.41) is 3.72. The Hall–Kier alpha value is -2.37. The summed E-state index contributed by atoms with van der Waals surface area (Å²) in [7, 11) is 3.96. The number of carbonyl (C=O) groups is 1. The number of benzene rings is 2. The van der Waals surface area contributed by atoms with Gasteiger partial charge in [0.05, 0.1) is 17.1 Å². The molecule has 0 fully saturated rings. The fourth-order valence-electron chi connectivity index (χ4n) is 2.97. The Morgan fingerprint density at radius 1 is 1.19 bits per heavy atom. The number of imidazole rings is 1. The van der Waals surface area contributed by atoms with E-state index in [1.165, 1.54) is 0 Å². The first-order chi connectivity index (χ1) is 12.5. The average Bonchev–Trinajstić information content (AvgIpc) is 3.04. The van der Waals surface area contributed by atoms with E-state index in [9.17, 15) is 4.79 Å². The maximum atomic E-state index is 12.3. The first-order valence-electron chi connectivity index (χ1n) is 8.66. The number of aryl methyl sites for hydroxylation is 1. The largest absolute Gasteiger partial charge is 0.354 e. The first kappa shape index (κ1) is 18.4. The molecule has 0 saturated heterocycles. The van der Waals surface area contributed by atoms with Gasteiger partial charge in [-0.3, -0.25) is 4.79 Å². The second-order valence-corrected chi connectivity index (χ2v) is 6.91. The molecule has 2 aromatic carbocycles. The van der Waals surface area contributed by atoms with Gasteiger partial charge >= 0.3 is 0 Å². The summed E-state index contributed by atoms with van der Waals surface area (Å²) in [6.45, 7) is 0.510. The highest BCUT2D eigenvalue weighted by Crippen LogP contribution is 2.25. The number of para-hydroxylation sites is 2. The van der Waals surface area contributed by atoms with Crippen molar-refractivity contribution in [2.75, 3.05) is 20.6 Å². The van der Waals surface area contributed by atoms with Gasteiger partial charge in [-0.1, -0.05) is 41.9 Å². The average molecular weight is 371 g/mol. The van der Waals surface area contributed by atoms with Gasteiger partial charge in [0.25, 0.3) is 0 Å². The highest BCUT2D eigenvalue weighted by atomic mass is 35.5.